The molecule has 0 saturated carbocycles. The number of nitrogens with zero attached hydrogens (tertiary/aromatic N) is 1. The summed E-state index contributed by atoms with van der Waals surface area (Å²) in [7, 11) is 0. The van der Waals surface area contributed by atoms with E-state index in [-0.39, 0.29) is 11.2 Å². The third-order valence-electron chi connectivity index (χ3n) is 3.03. The number of rotatable bonds is 2. The molecule has 1 unspecified atom stereocenters. The summed E-state index contributed by atoms with van der Waals surface area (Å²) in [6.07, 6.45) is 0.489. The second-order valence-electron chi connectivity index (χ2n) is 4.52. The molecule has 1 aliphatic rings. The normalized spacial score (nSPS) is 20.7. The molecule has 0 radical (unpaired) electrons. The van der Waals surface area contributed by atoms with Gasteiger partial charge in [-0.1, -0.05) is 60.3 Å². The second kappa shape index (κ2) is 5.92. The van der Waals surface area contributed by atoms with Gasteiger partial charge in [-0.3, -0.25) is 4.79 Å². The van der Waals surface area contributed by atoms with E-state index < -0.39 is 0 Å². The van der Waals surface area contributed by atoms with Crippen molar-refractivity contribution in [3.63, 3.8) is 0 Å². The highest BCUT2D eigenvalue weighted by atomic mass is 32.2. The van der Waals surface area contributed by atoms with Crippen molar-refractivity contribution in [2.24, 2.45) is 4.99 Å². The van der Waals surface area contributed by atoms with E-state index in [1.807, 2.05) is 48.5 Å². The van der Waals surface area contributed by atoms with Gasteiger partial charge in [-0.2, -0.15) is 0 Å². The van der Waals surface area contributed by atoms with Crippen LogP contribution in [0.25, 0.3) is 0 Å². The number of benzene rings is 2. The Bertz CT molecular complexity index is 625. The lowest BCUT2D eigenvalue weighted by Crippen LogP contribution is -2.34. The molecule has 1 fully saturated rings. The topological polar surface area (TPSA) is 41.5 Å². The van der Waals surface area contributed by atoms with E-state index in [9.17, 15) is 4.79 Å². The van der Waals surface area contributed by atoms with Gasteiger partial charge in [0.15, 0.2) is 5.17 Å². The predicted octanol–water partition coefficient (Wildman–Crippen LogP) is 3.67. The summed E-state index contributed by atoms with van der Waals surface area (Å²) in [6.45, 7) is 0. The molecule has 3 rings (SSSR count). The van der Waals surface area contributed by atoms with Gasteiger partial charge in [0.2, 0.25) is 5.91 Å². The van der Waals surface area contributed by atoms with Crippen LogP contribution in [0.2, 0.25) is 0 Å². The number of amidine groups is 1. The standard InChI is InChI=1S/C16H14N2OS/c19-15-11-14(12-7-3-1-4-8-12)20-16(18-15)17-13-9-5-2-6-10-13/h1-10,14H,11H2,(H,17,18,19). The molecule has 2 aromatic rings. The molecule has 1 heterocycles. The van der Waals surface area contributed by atoms with Gasteiger partial charge >= 0.3 is 0 Å². The van der Waals surface area contributed by atoms with Gasteiger partial charge in [0.1, 0.15) is 0 Å². The highest BCUT2D eigenvalue weighted by Crippen LogP contribution is 2.35. The number of hydrogen-bond donors (Lipinski definition) is 1. The Kier molecular flexibility index (Phi) is 3.83. The minimum atomic E-state index is 0.0206. The molecule has 0 bridgehead atoms. The Balaban J connectivity index is 1.84. The lowest BCUT2D eigenvalue weighted by molar-refractivity contribution is -0.119. The van der Waals surface area contributed by atoms with E-state index in [0.29, 0.717) is 11.6 Å². The van der Waals surface area contributed by atoms with Crippen LogP contribution in [0.5, 0.6) is 0 Å². The van der Waals surface area contributed by atoms with Gasteiger partial charge in [-0.25, -0.2) is 4.99 Å². The van der Waals surface area contributed by atoms with Gasteiger partial charge in [-0.05, 0) is 17.7 Å². The van der Waals surface area contributed by atoms with Crippen molar-refractivity contribution in [1.29, 1.82) is 0 Å². The predicted molar refractivity (Wildman–Crippen MR) is 83.1 cm³/mol. The van der Waals surface area contributed by atoms with Gasteiger partial charge in [0.05, 0.1) is 5.69 Å². The van der Waals surface area contributed by atoms with Crippen LogP contribution in [0.4, 0.5) is 5.69 Å². The summed E-state index contributed by atoms with van der Waals surface area (Å²) in [6, 6.07) is 19.7. The summed E-state index contributed by atoms with van der Waals surface area (Å²) < 4.78 is 0. The molecule has 0 spiro atoms. The van der Waals surface area contributed by atoms with Crippen molar-refractivity contribution in [3.05, 3.63) is 66.2 Å². The Morgan fingerprint density at radius 2 is 1.65 bits per heavy atom. The minimum absolute atomic E-state index is 0.0206. The minimum Gasteiger partial charge on any atom is -0.305 e. The Morgan fingerprint density at radius 3 is 2.35 bits per heavy atom. The van der Waals surface area contributed by atoms with Crippen LogP contribution in [0, 0.1) is 0 Å². The first-order valence-corrected chi connectivity index (χ1v) is 7.34. The van der Waals surface area contributed by atoms with Crippen LogP contribution in [-0.2, 0) is 4.79 Å². The maximum absolute atomic E-state index is 11.8. The van der Waals surface area contributed by atoms with Crippen LogP contribution in [0.3, 0.4) is 0 Å². The van der Waals surface area contributed by atoms with Gasteiger partial charge in [0.25, 0.3) is 0 Å². The van der Waals surface area contributed by atoms with Crippen LogP contribution in [0.1, 0.15) is 17.2 Å². The van der Waals surface area contributed by atoms with Gasteiger partial charge < -0.3 is 5.32 Å². The highest BCUT2D eigenvalue weighted by Gasteiger charge is 2.25. The summed E-state index contributed by atoms with van der Waals surface area (Å²) in [5.41, 5.74) is 2.01. The van der Waals surface area contributed by atoms with Gasteiger partial charge in [-0.15, -0.1) is 0 Å². The van der Waals surface area contributed by atoms with Crippen molar-refractivity contribution < 1.29 is 4.79 Å². The maximum Gasteiger partial charge on any atom is 0.227 e. The van der Waals surface area contributed by atoms with E-state index in [1.165, 1.54) is 0 Å². The zero-order valence-corrected chi connectivity index (χ0v) is 11.6. The molecule has 0 aromatic heterocycles. The molecular formula is C16H14N2OS. The van der Waals surface area contributed by atoms with Crippen molar-refractivity contribution >= 4 is 28.5 Å². The molecule has 4 heteroatoms. The Labute approximate surface area is 122 Å². The zero-order chi connectivity index (χ0) is 13.8. The highest BCUT2D eigenvalue weighted by molar-refractivity contribution is 8.14. The van der Waals surface area contributed by atoms with Crippen molar-refractivity contribution in [1.82, 2.24) is 5.32 Å². The van der Waals surface area contributed by atoms with E-state index in [4.69, 9.17) is 0 Å². The van der Waals surface area contributed by atoms with Crippen molar-refractivity contribution in [2.45, 2.75) is 11.7 Å². The molecule has 20 heavy (non-hydrogen) atoms. The molecule has 1 aliphatic heterocycles. The summed E-state index contributed by atoms with van der Waals surface area (Å²) in [4.78, 5) is 16.3. The van der Waals surface area contributed by atoms with Crippen LogP contribution < -0.4 is 5.32 Å². The zero-order valence-electron chi connectivity index (χ0n) is 10.8. The number of nitrogens with one attached hydrogen (secondary N) is 1. The molecule has 2 aromatic carbocycles. The smallest absolute Gasteiger partial charge is 0.227 e. The maximum atomic E-state index is 11.8. The number of carbonyl (C=O) groups is 1. The number of amides is 1. The third kappa shape index (κ3) is 3.08. The number of hydrogen-bond acceptors (Lipinski definition) is 3. The van der Waals surface area contributed by atoms with E-state index in [2.05, 4.69) is 22.4 Å². The molecule has 0 aliphatic carbocycles. The summed E-state index contributed by atoms with van der Waals surface area (Å²) in [5, 5.41) is 3.64. The van der Waals surface area contributed by atoms with Crippen LogP contribution in [0.15, 0.2) is 65.7 Å². The van der Waals surface area contributed by atoms with Crippen LogP contribution in [-0.4, -0.2) is 11.1 Å². The average Bonchev–Trinajstić information content (AvgIpc) is 2.49. The molecule has 1 N–H and O–H groups in total. The molecule has 3 nitrogen and oxygen atoms in total. The summed E-state index contributed by atoms with van der Waals surface area (Å²) in [5.74, 6) is 0.0206. The SMILES string of the molecule is O=C1CC(c2ccccc2)SC(=Nc2ccccc2)N1. The lowest BCUT2D eigenvalue weighted by Gasteiger charge is -2.23. The first kappa shape index (κ1) is 12.9. The van der Waals surface area contributed by atoms with Crippen molar-refractivity contribution in [2.75, 3.05) is 0 Å². The molecule has 1 atom stereocenters. The molecule has 100 valence electrons. The fourth-order valence-electron chi connectivity index (χ4n) is 2.07. The first-order valence-electron chi connectivity index (χ1n) is 6.46. The molecular weight excluding hydrogens is 268 g/mol. The lowest BCUT2D eigenvalue weighted by atomic mass is 10.1. The fourth-order valence-corrected chi connectivity index (χ4v) is 3.20. The quantitative estimate of drug-likeness (QED) is 0.913. The van der Waals surface area contributed by atoms with Crippen LogP contribution >= 0.6 is 11.8 Å². The van der Waals surface area contributed by atoms with E-state index in [1.54, 1.807) is 11.8 Å². The largest absolute Gasteiger partial charge is 0.305 e. The van der Waals surface area contributed by atoms with E-state index >= 15 is 0 Å². The number of carbonyl (C=O) groups excluding carboxylic acids is 1. The summed E-state index contributed by atoms with van der Waals surface area (Å²) >= 11 is 1.60. The number of thioether (sulfide) groups is 1. The first-order chi connectivity index (χ1) is 9.81. The fraction of sp³-hybridized carbons (Fsp3) is 0.125. The second-order valence-corrected chi connectivity index (χ2v) is 5.71. The Hall–Kier alpha value is -2.07. The number of aliphatic imine (C=N–C) groups is 1. The van der Waals surface area contributed by atoms with Gasteiger partial charge in [0, 0.05) is 11.7 Å². The third-order valence-corrected chi connectivity index (χ3v) is 4.17. The Morgan fingerprint density at radius 1 is 1.00 bits per heavy atom. The number of para-hydroxylation sites is 1. The van der Waals surface area contributed by atoms with Crippen molar-refractivity contribution in [3.8, 4) is 0 Å². The molecule has 1 saturated heterocycles. The molecule has 1 amide bonds. The average molecular weight is 282 g/mol. The van der Waals surface area contributed by atoms with E-state index in [0.717, 1.165) is 11.3 Å². The monoisotopic (exact) mass is 282 g/mol.